The zero-order valence-corrected chi connectivity index (χ0v) is 11.4. The summed E-state index contributed by atoms with van der Waals surface area (Å²) in [5, 5.41) is 8.32. The van der Waals surface area contributed by atoms with Crippen LogP contribution in [0.5, 0.6) is 0 Å². The quantitative estimate of drug-likeness (QED) is 0.679. The van der Waals surface area contributed by atoms with E-state index in [1.807, 2.05) is 38.2 Å². The van der Waals surface area contributed by atoms with Crippen LogP contribution in [0.15, 0.2) is 36.9 Å². The fourth-order valence-corrected chi connectivity index (χ4v) is 2.22. The average Bonchev–Trinajstić information content (AvgIpc) is 3.04. The first-order valence-electron chi connectivity index (χ1n) is 6.51. The van der Waals surface area contributed by atoms with E-state index in [9.17, 15) is 4.79 Å². The van der Waals surface area contributed by atoms with Crippen molar-refractivity contribution >= 4 is 11.3 Å². The fraction of sp³-hybridized carbons (Fsp3) is 0.286. The number of pyridine rings is 1. The second-order valence-electron chi connectivity index (χ2n) is 4.90. The molecule has 6 nitrogen and oxygen atoms in total. The number of carbonyl (C=O) groups excluding carboxylic acids is 1. The SMILES string of the molecule is CC(C)n1ncnc1CC(=O)c1cnn2ccccc12. The minimum absolute atomic E-state index is 0.00102. The van der Waals surface area contributed by atoms with Gasteiger partial charge in [0.1, 0.15) is 12.2 Å². The van der Waals surface area contributed by atoms with Crippen molar-refractivity contribution in [2.75, 3.05) is 0 Å². The van der Waals surface area contributed by atoms with E-state index in [1.54, 1.807) is 15.4 Å². The number of fused-ring (bicyclic) bond motifs is 1. The third-order valence-corrected chi connectivity index (χ3v) is 3.18. The lowest BCUT2D eigenvalue weighted by atomic mass is 10.1. The van der Waals surface area contributed by atoms with Gasteiger partial charge in [-0.3, -0.25) is 4.79 Å². The van der Waals surface area contributed by atoms with Crippen LogP contribution in [0, 0.1) is 0 Å². The maximum absolute atomic E-state index is 12.4. The van der Waals surface area contributed by atoms with Crippen molar-refractivity contribution in [3.05, 3.63) is 48.3 Å². The lowest BCUT2D eigenvalue weighted by molar-refractivity contribution is 0.0990. The van der Waals surface area contributed by atoms with Gasteiger partial charge in [-0.2, -0.15) is 10.2 Å². The first kappa shape index (κ1) is 12.5. The first-order valence-corrected chi connectivity index (χ1v) is 6.51. The van der Waals surface area contributed by atoms with Gasteiger partial charge in [0.15, 0.2) is 5.78 Å². The maximum atomic E-state index is 12.4. The molecule has 3 aromatic rings. The molecule has 0 saturated carbocycles. The van der Waals surface area contributed by atoms with E-state index < -0.39 is 0 Å². The molecule has 3 heterocycles. The minimum atomic E-state index is 0.00102. The van der Waals surface area contributed by atoms with Gasteiger partial charge in [0.05, 0.1) is 23.7 Å². The highest BCUT2D eigenvalue weighted by Crippen LogP contribution is 2.14. The highest BCUT2D eigenvalue weighted by molar-refractivity contribution is 6.02. The summed E-state index contributed by atoms with van der Waals surface area (Å²) in [5.41, 5.74) is 1.43. The summed E-state index contributed by atoms with van der Waals surface area (Å²) in [7, 11) is 0. The number of hydrogen-bond acceptors (Lipinski definition) is 4. The number of rotatable bonds is 4. The molecule has 0 unspecified atom stereocenters. The largest absolute Gasteiger partial charge is 0.294 e. The summed E-state index contributed by atoms with van der Waals surface area (Å²) in [6, 6.07) is 5.84. The molecular weight excluding hydrogens is 254 g/mol. The Morgan fingerprint density at radius 1 is 1.30 bits per heavy atom. The molecule has 6 heteroatoms. The topological polar surface area (TPSA) is 65.1 Å². The van der Waals surface area contributed by atoms with Crippen molar-refractivity contribution < 1.29 is 4.79 Å². The zero-order chi connectivity index (χ0) is 14.1. The van der Waals surface area contributed by atoms with Crippen molar-refractivity contribution in [3.63, 3.8) is 0 Å². The third-order valence-electron chi connectivity index (χ3n) is 3.18. The van der Waals surface area contributed by atoms with E-state index >= 15 is 0 Å². The van der Waals surface area contributed by atoms with Crippen LogP contribution in [0.3, 0.4) is 0 Å². The summed E-state index contributed by atoms with van der Waals surface area (Å²) < 4.78 is 3.46. The highest BCUT2D eigenvalue weighted by atomic mass is 16.1. The van der Waals surface area contributed by atoms with Crippen LogP contribution in [-0.2, 0) is 6.42 Å². The second kappa shape index (κ2) is 4.88. The van der Waals surface area contributed by atoms with Gasteiger partial charge in [-0.25, -0.2) is 14.2 Å². The van der Waals surface area contributed by atoms with Gasteiger partial charge >= 0.3 is 0 Å². The maximum Gasteiger partial charge on any atom is 0.174 e. The fourth-order valence-electron chi connectivity index (χ4n) is 2.22. The minimum Gasteiger partial charge on any atom is -0.294 e. The lowest BCUT2D eigenvalue weighted by Crippen LogP contribution is -2.13. The molecule has 0 atom stereocenters. The number of aromatic nitrogens is 5. The Balaban J connectivity index is 1.91. The van der Waals surface area contributed by atoms with Crippen LogP contribution < -0.4 is 0 Å². The van der Waals surface area contributed by atoms with Gasteiger partial charge in [-0.1, -0.05) is 6.07 Å². The third kappa shape index (κ3) is 2.09. The molecule has 0 aliphatic carbocycles. The smallest absolute Gasteiger partial charge is 0.174 e. The standard InChI is InChI=1S/C14H15N5O/c1-10(2)19-14(15-9-17-19)7-13(20)11-8-16-18-6-4-3-5-12(11)18/h3-6,8-10H,7H2,1-2H3. The Kier molecular flexibility index (Phi) is 3.06. The van der Waals surface area contributed by atoms with Gasteiger partial charge in [0.25, 0.3) is 0 Å². The Morgan fingerprint density at radius 2 is 2.15 bits per heavy atom. The molecular formula is C14H15N5O. The van der Waals surface area contributed by atoms with Gasteiger partial charge in [0.2, 0.25) is 0 Å². The van der Waals surface area contributed by atoms with Crippen molar-refractivity contribution in [2.24, 2.45) is 0 Å². The number of carbonyl (C=O) groups is 1. The Hall–Kier alpha value is -2.50. The molecule has 20 heavy (non-hydrogen) atoms. The predicted octanol–water partition coefficient (Wildman–Crippen LogP) is 1.93. The first-order chi connectivity index (χ1) is 9.66. The summed E-state index contributed by atoms with van der Waals surface area (Å²) in [6.45, 7) is 4.02. The molecule has 0 radical (unpaired) electrons. The van der Waals surface area contributed by atoms with Gasteiger partial charge in [0, 0.05) is 12.2 Å². The summed E-state index contributed by atoms with van der Waals surface area (Å²) in [5.74, 6) is 0.682. The number of nitrogens with zero attached hydrogens (tertiary/aromatic N) is 5. The van der Waals surface area contributed by atoms with Gasteiger partial charge < -0.3 is 0 Å². The van der Waals surface area contributed by atoms with Crippen LogP contribution in [0.2, 0.25) is 0 Å². The summed E-state index contributed by atoms with van der Waals surface area (Å²) in [6.07, 6.45) is 5.14. The van der Waals surface area contributed by atoms with Crippen LogP contribution >= 0.6 is 0 Å². The van der Waals surface area contributed by atoms with Crippen LogP contribution in [-0.4, -0.2) is 30.2 Å². The van der Waals surface area contributed by atoms with E-state index in [0.29, 0.717) is 11.4 Å². The molecule has 0 amide bonds. The Bertz CT molecular complexity index is 756. The highest BCUT2D eigenvalue weighted by Gasteiger charge is 2.17. The second-order valence-corrected chi connectivity index (χ2v) is 4.90. The van der Waals surface area contributed by atoms with Crippen molar-refractivity contribution in [3.8, 4) is 0 Å². The summed E-state index contributed by atoms with van der Waals surface area (Å²) in [4.78, 5) is 16.6. The molecule has 102 valence electrons. The van der Waals surface area contributed by atoms with Crippen LogP contribution in [0.4, 0.5) is 0 Å². The molecule has 0 N–H and O–H groups in total. The molecule has 3 aromatic heterocycles. The van der Waals surface area contributed by atoms with Crippen LogP contribution in [0.25, 0.3) is 5.52 Å². The molecule has 0 fully saturated rings. The van der Waals surface area contributed by atoms with E-state index in [4.69, 9.17) is 0 Å². The van der Waals surface area contributed by atoms with Crippen molar-refractivity contribution in [2.45, 2.75) is 26.3 Å². The molecule has 0 bridgehead atoms. The number of Topliss-reactive ketones (excluding diaryl/α,β-unsaturated/α-hetero) is 1. The van der Waals surface area contributed by atoms with E-state index in [0.717, 1.165) is 5.52 Å². The zero-order valence-electron chi connectivity index (χ0n) is 11.4. The summed E-state index contributed by atoms with van der Waals surface area (Å²) >= 11 is 0. The van der Waals surface area contributed by atoms with E-state index in [1.165, 1.54) is 6.33 Å². The normalized spacial score (nSPS) is 11.3. The Labute approximate surface area is 116 Å². The van der Waals surface area contributed by atoms with E-state index in [-0.39, 0.29) is 18.2 Å². The van der Waals surface area contributed by atoms with E-state index in [2.05, 4.69) is 15.2 Å². The molecule has 3 rings (SSSR count). The predicted molar refractivity (Wildman–Crippen MR) is 73.6 cm³/mol. The Morgan fingerprint density at radius 3 is 2.95 bits per heavy atom. The number of hydrogen-bond donors (Lipinski definition) is 0. The molecule has 0 spiro atoms. The molecule has 0 aromatic carbocycles. The van der Waals surface area contributed by atoms with Crippen molar-refractivity contribution in [1.82, 2.24) is 24.4 Å². The van der Waals surface area contributed by atoms with Crippen LogP contribution in [0.1, 0.15) is 36.1 Å². The number of ketones is 1. The van der Waals surface area contributed by atoms with Gasteiger partial charge in [-0.05, 0) is 26.0 Å². The van der Waals surface area contributed by atoms with Crippen molar-refractivity contribution in [1.29, 1.82) is 0 Å². The van der Waals surface area contributed by atoms with Gasteiger partial charge in [-0.15, -0.1) is 0 Å². The average molecular weight is 269 g/mol. The lowest BCUT2D eigenvalue weighted by Gasteiger charge is -2.08. The molecule has 0 aliphatic rings. The molecule has 0 saturated heterocycles. The molecule has 0 aliphatic heterocycles. The monoisotopic (exact) mass is 269 g/mol.